The summed E-state index contributed by atoms with van der Waals surface area (Å²) in [5, 5.41) is 9.54. The summed E-state index contributed by atoms with van der Waals surface area (Å²) >= 11 is 0. The molecule has 1 aliphatic rings. The summed E-state index contributed by atoms with van der Waals surface area (Å²) in [4.78, 5) is 37.2. The van der Waals surface area contributed by atoms with Crippen molar-refractivity contribution in [3.63, 3.8) is 0 Å². The molecule has 12 heteroatoms. The van der Waals surface area contributed by atoms with E-state index in [1.807, 2.05) is 0 Å². The Balaban J connectivity index is 2.29. The molecule has 1 saturated heterocycles. The minimum Gasteiger partial charge on any atom is -0.396 e. The molecule has 11 nitrogen and oxygen atoms in total. The smallest absolute Gasteiger partial charge is 0.396 e. The minimum atomic E-state index is -3.94. The van der Waals surface area contributed by atoms with Gasteiger partial charge in [-0.3, -0.25) is 28.2 Å². The fraction of sp³-hybridized carbons (Fsp3) is 0.556. The zero-order chi connectivity index (χ0) is 22.5. The Kier molecular flexibility index (Phi) is 7.84. The normalized spacial score (nSPS) is 26.3. The van der Waals surface area contributed by atoms with Crippen molar-refractivity contribution >= 4 is 19.2 Å². The van der Waals surface area contributed by atoms with Crippen molar-refractivity contribution in [1.29, 1.82) is 0 Å². The van der Waals surface area contributed by atoms with Crippen LogP contribution in [0, 0.1) is 5.41 Å². The SMILES string of the molecule is C=CC1(CCO)CC(COP(=O)(N=C(C)C(C)=O)OC)OC1n1ccc(=O)[nH]c1=O. The van der Waals surface area contributed by atoms with Crippen molar-refractivity contribution in [2.75, 3.05) is 20.3 Å². The van der Waals surface area contributed by atoms with Crippen LogP contribution in [-0.4, -0.2) is 52.6 Å². The maximum Gasteiger partial charge on any atom is 0.454 e. The standard InChI is InChI=1S/C18H26N3O8P/c1-5-18(7-9-22)10-14(11-28-30(26,27-4)20-12(2)13(3)23)29-16(18)21-8-6-15(24)19-17(21)25/h5-6,8,14,16,22H,1,7,9-11H2,2-4H3,(H,19,24,25). The number of carbonyl (C=O) groups is 1. The van der Waals surface area contributed by atoms with Gasteiger partial charge in [-0.1, -0.05) is 6.08 Å². The van der Waals surface area contributed by atoms with Crippen LogP contribution in [0.4, 0.5) is 0 Å². The van der Waals surface area contributed by atoms with Crippen LogP contribution in [-0.2, 0) is 23.1 Å². The van der Waals surface area contributed by atoms with Crippen LogP contribution in [0.15, 0.2) is 39.3 Å². The number of aliphatic hydroxyl groups excluding tert-OH is 1. The lowest BCUT2D eigenvalue weighted by atomic mass is 9.80. The monoisotopic (exact) mass is 443 g/mol. The summed E-state index contributed by atoms with van der Waals surface area (Å²) < 4.78 is 33.8. The highest BCUT2D eigenvalue weighted by Crippen LogP contribution is 2.52. The summed E-state index contributed by atoms with van der Waals surface area (Å²) in [6.07, 6.45) is 1.85. The Hall–Kier alpha value is -2.17. The van der Waals surface area contributed by atoms with E-state index in [1.165, 1.54) is 30.7 Å². The second-order valence-electron chi connectivity index (χ2n) is 6.93. The van der Waals surface area contributed by atoms with Crippen molar-refractivity contribution in [3.8, 4) is 0 Å². The lowest BCUT2D eigenvalue weighted by Crippen LogP contribution is -2.37. The molecule has 30 heavy (non-hydrogen) atoms. The number of aromatic amines is 1. The maximum absolute atomic E-state index is 12.7. The van der Waals surface area contributed by atoms with E-state index in [0.29, 0.717) is 0 Å². The summed E-state index contributed by atoms with van der Waals surface area (Å²) in [5.41, 5.74) is -2.09. The molecule has 4 unspecified atom stereocenters. The Bertz CT molecular complexity index is 984. The highest BCUT2D eigenvalue weighted by molar-refractivity contribution is 7.52. The largest absolute Gasteiger partial charge is 0.454 e. The highest BCUT2D eigenvalue weighted by Gasteiger charge is 2.48. The molecule has 4 atom stereocenters. The van der Waals surface area contributed by atoms with Gasteiger partial charge in [-0.15, -0.1) is 6.58 Å². The first-order valence-corrected chi connectivity index (χ1v) is 10.7. The summed E-state index contributed by atoms with van der Waals surface area (Å²) in [7, 11) is -2.79. The number of H-pyrrole nitrogens is 1. The van der Waals surface area contributed by atoms with E-state index in [1.54, 1.807) is 6.08 Å². The van der Waals surface area contributed by atoms with Gasteiger partial charge in [0.05, 0.1) is 18.4 Å². The van der Waals surface area contributed by atoms with Gasteiger partial charge in [0.25, 0.3) is 5.56 Å². The molecular weight excluding hydrogens is 417 g/mol. The van der Waals surface area contributed by atoms with E-state index in [0.717, 1.165) is 7.11 Å². The number of aliphatic hydroxyl groups is 1. The number of hydrogen-bond acceptors (Lipinski definition) is 8. The van der Waals surface area contributed by atoms with E-state index < -0.39 is 36.7 Å². The van der Waals surface area contributed by atoms with Gasteiger partial charge in [-0.2, -0.15) is 4.76 Å². The molecule has 0 saturated carbocycles. The lowest BCUT2D eigenvalue weighted by molar-refractivity contribution is -0.111. The maximum atomic E-state index is 12.7. The number of aromatic nitrogens is 2. The molecule has 2 rings (SSSR count). The second-order valence-corrected chi connectivity index (χ2v) is 8.69. The van der Waals surface area contributed by atoms with Gasteiger partial charge in [-0.25, -0.2) is 9.36 Å². The molecule has 0 radical (unpaired) electrons. The molecule has 1 aliphatic heterocycles. The van der Waals surface area contributed by atoms with Crippen LogP contribution >= 0.6 is 7.75 Å². The predicted octanol–water partition coefficient (Wildman–Crippen LogP) is 1.20. The van der Waals surface area contributed by atoms with Crippen LogP contribution < -0.4 is 11.2 Å². The topological polar surface area (TPSA) is 149 Å². The van der Waals surface area contributed by atoms with Gasteiger partial charge in [0.2, 0.25) is 0 Å². The lowest BCUT2D eigenvalue weighted by Gasteiger charge is -2.30. The number of Topliss-reactive ketones (excluding diaryl/α,β-unsaturated/α-hetero) is 1. The van der Waals surface area contributed by atoms with E-state index in [4.69, 9.17) is 13.8 Å². The van der Waals surface area contributed by atoms with Crippen molar-refractivity contribution < 1.29 is 28.3 Å². The van der Waals surface area contributed by atoms with Crippen LogP contribution in [0.2, 0.25) is 0 Å². The van der Waals surface area contributed by atoms with Crippen LogP contribution in [0.3, 0.4) is 0 Å². The van der Waals surface area contributed by atoms with Crippen LogP contribution in [0.5, 0.6) is 0 Å². The summed E-state index contributed by atoms with van der Waals surface area (Å²) in [6.45, 7) is 6.08. The number of rotatable bonds is 10. The fourth-order valence-electron chi connectivity index (χ4n) is 3.22. The van der Waals surface area contributed by atoms with Crippen molar-refractivity contribution in [2.45, 2.75) is 39.0 Å². The molecule has 1 fully saturated rings. The third-order valence-electron chi connectivity index (χ3n) is 4.94. The molecule has 0 aromatic carbocycles. The first-order valence-electron chi connectivity index (χ1n) is 9.19. The number of ether oxygens (including phenoxy) is 1. The molecular formula is C18H26N3O8P. The first kappa shape index (κ1) is 24.1. The number of ketones is 1. The number of nitrogens with one attached hydrogen (secondary N) is 1. The van der Waals surface area contributed by atoms with Gasteiger partial charge >= 0.3 is 13.4 Å². The Labute approximate surface area is 173 Å². The number of carbonyl (C=O) groups excluding carboxylic acids is 1. The van der Waals surface area contributed by atoms with Gasteiger partial charge in [-0.05, 0) is 19.8 Å². The number of nitrogens with zero attached hydrogens (tertiary/aromatic N) is 2. The van der Waals surface area contributed by atoms with E-state index in [2.05, 4.69) is 16.3 Å². The number of hydrogen-bond donors (Lipinski definition) is 2. The molecule has 2 heterocycles. The van der Waals surface area contributed by atoms with Crippen molar-refractivity contribution in [1.82, 2.24) is 9.55 Å². The highest BCUT2D eigenvalue weighted by atomic mass is 31.2. The average molecular weight is 443 g/mol. The van der Waals surface area contributed by atoms with E-state index in [9.17, 15) is 24.1 Å². The third kappa shape index (κ3) is 5.30. The minimum absolute atomic E-state index is 0.00842. The summed E-state index contributed by atoms with van der Waals surface area (Å²) in [5.74, 6) is -0.376. The van der Waals surface area contributed by atoms with Crippen molar-refractivity contribution in [3.05, 3.63) is 45.8 Å². The fourth-order valence-corrected chi connectivity index (χ4v) is 4.32. The Morgan fingerprint density at radius 2 is 2.23 bits per heavy atom. The first-order chi connectivity index (χ1) is 14.1. The average Bonchev–Trinajstić information content (AvgIpc) is 3.05. The van der Waals surface area contributed by atoms with Gasteiger partial charge < -0.3 is 9.84 Å². The van der Waals surface area contributed by atoms with Gasteiger partial charge in [0, 0.05) is 38.3 Å². The molecule has 166 valence electrons. The summed E-state index contributed by atoms with van der Waals surface area (Å²) in [6, 6.07) is 1.18. The Morgan fingerprint density at radius 3 is 2.77 bits per heavy atom. The molecule has 0 bridgehead atoms. The van der Waals surface area contributed by atoms with E-state index in [-0.39, 0.29) is 37.6 Å². The quantitative estimate of drug-likeness (QED) is 0.311. The van der Waals surface area contributed by atoms with Gasteiger partial charge in [0.1, 0.15) is 6.23 Å². The molecule has 1 aromatic heterocycles. The molecule has 0 aliphatic carbocycles. The van der Waals surface area contributed by atoms with E-state index >= 15 is 0 Å². The van der Waals surface area contributed by atoms with Crippen LogP contribution in [0.25, 0.3) is 0 Å². The molecule has 1 aromatic rings. The zero-order valence-electron chi connectivity index (χ0n) is 17.1. The third-order valence-corrected chi connectivity index (χ3v) is 6.43. The Morgan fingerprint density at radius 1 is 1.53 bits per heavy atom. The van der Waals surface area contributed by atoms with Gasteiger partial charge in [0.15, 0.2) is 5.78 Å². The molecule has 0 spiro atoms. The predicted molar refractivity (Wildman–Crippen MR) is 109 cm³/mol. The van der Waals surface area contributed by atoms with Crippen molar-refractivity contribution in [2.24, 2.45) is 10.2 Å². The second kappa shape index (κ2) is 9.76. The molecule has 0 amide bonds. The zero-order valence-corrected chi connectivity index (χ0v) is 18.0. The molecule has 2 N–H and O–H groups in total. The van der Waals surface area contributed by atoms with Crippen LogP contribution in [0.1, 0.15) is 32.9 Å².